The number of hydrazone groups is 1. The van der Waals surface area contributed by atoms with E-state index in [-0.39, 0.29) is 12.5 Å². The van der Waals surface area contributed by atoms with Crippen molar-refractivity contribution in [1.29, 1.82) is 0 Å². The van der Waals surface area contributed by atoms with Gasteiger partial charge in [-0.2, -0.15) is 10.2 Å². The maximum atomic E-state index is 12.2. The number of hydrogen-bond acceptors (Lipinski definition) is 4. The Labute approximate surface area is 174 Å². The molecule has 4 rings (SSSR count). The highest BCUT2D eigenvalue weighted by Gasteiger charge is 2.18. The normalized spacial score (nSPS) is 10.8. The Morgan fingerprint density at radius 2 is 1.50 bits per heavy atom. The van der Waals surface area contributed by atoms with Crippen molar-refractivity contribution < 1.29 is 9.53 Å². The van der Waals surface area contributed by atoms with E-state index >= 15 is 0 Å². The molecule has 0 bridgehead atoms. The van der Waals surface area contributed by atoms with Gasteiger partial charge < -0.3 is 4.74 Å². The molecule has 1 aromatic heterocycles. The van der Waals surface area contributed by atoms with Gasteiger partial charge in [0.25, 0.3) is 5.91 Å². The maximum Gasteiger partial charge on any atom is 0.277 e. The lowest BCUT2D eigenvalue weighted by atomic mass is 10.1. The van der Waals surface area contributed by atoms with Crippen LogP contribution in [0.15, 0.2) is 96.1 Å². The molecule has 0 spiro atoms. The number of aromatic amines is 1. The smallest absolute Gasteiger partial charge is 0.277 e. The summed E-state index contributed by atoms with van der Waals surface area (Å²) in [4.78, 5) is 12.2. The summed E-state index contributed by atoms with van der Waals surface area (Å²) in [6.07, 6.45) is 1.58. The fourth-order valence-electron chi connectivity index (χ4n) is 2.95. The molecule has 2 N–H and O–H groups in total. The summed E-state index contributed by atoms with van der Waals surface area (Å²) in [5.74, 6) is 0.163. The lowest BCUT2D eigenvalue weighted by Crippen LogP contribution is -2.24. The molecule has 3 aromatic carbocycles. The highest BCUT2D eigenvalue weighted by molar-refractivity contribution is 5.83. The van der Waals surface area contributed by atoms with Crippen LogP contribution >= 0.6 is 0 Å². The first-order chi connectivity index (χ1) is 14.8. The van der Waals surface area contributed by atoms with Gasteiger partial charge in [-0.1, -0.05) is 91.0 Å². The molecule has 0 saturated heterocycles. The first kappa shape index (κ1) is 19.1. The number of carbonyl (C=O) groups is 1. The molecule has 0 fully saturated rings. The number of hydrogen-bond donors (Lipinski definition) is 2. The van der Waals surface area contributed by atoms with Gasteiger partial charge in [0, 0.05) is 11.1 Å². The van der Waals surface area contributed by atoms with Crippen LogP contribution in [-0.2, 0) is 4.79 Å². The molecule has 0 radical (unpaired) electrons. The molecule has 4 aromatic rings. The summed E-state index contributed by atoms with van der Waals surface area (Å²) in [5, 5.41) is 11.4. The van der Waals surface area contributed by atoms with Crippen molar-refractivity contribution in [2.45, 2.75) is 0 Å². The zero-order chi connectivity index (χ0) is 20.6. The fourth-order valence-corrected chi connectivity index (χ4v) is 2.95. The average Bonchev–Trinajstić information content (AvgIpc) is 3.23. The van der Waals surface area contributed by atoms with Gasteiger partial charge in [0.15, 0.2) is 12.4 Å². The number of ether oxygens (including phenoxy) is 1. The maximum absolute atomic E-state index is 12.2. The van der Waals surface area contributed by atoms with Gasteiger partial charge in [0.2, 0.25) is 0 Å². The molecule has 30 heavy (non-hydrogen) atoms. The van der Waals surface area contributed by atoms with Crippen LogP contribution in [-0.4, -0.2) is 28.9 Å². The number of carbonyl (C=O) groups excluding carboxylic acids is 1. The molecule has 148 valence electrons. The molecule has 0 aliphatic heterocycles. The lowest BCUT2D eigenvalue weighted by Gasteiger charge is -2.08. The Hall–Kier alpha value is -4.19. The second kappa shape index (κ2) is 9.34. The fraction of sp³-hybridized carbons (Fsp3) is 0.0417. The Kier molecular flexibility index (Phi) is 5.96. The summed E-state index contributed by atoms with van der Waals surface area (Å²) >= 11 is 0. The van der Waals surface area contributed by atoms with E-state index in [9.17, 15) is 4.79 Å². The Balaban J connectivity index is 1.51. The minimum atomic E-state index is -0.360. The van der Waals surface area contributed by atoms with Crippen LogP contribution in [0.3, 0.4) is 0 Å². The van der Waals surface area contributed by atoms with Crippen molar-refractivity contribution in [1.82, 2.24) is 15.6 Å². The zero-order valence-corrected chi connectivity index (χ0v) is 16.2. The third kappa shape index (κ3) is 4.62. The molecule has 0 aliphatic carbocycles. The van der Waals surface area contributed by atoms with Crippen molar-refractivity contribution in [3.63, 3.8) is 0 Å². The van der Waals surface area contributed by atoms with Gasteiger partial charge in [-0.05, 0) is 5.56 Å². The van der Waals surface area contributed by atoms with Gasteiger partial charge in [0.1, 0.15) is 11.4 Å². The summed E-state index contributed by atoms with van der Waals surface area (Å²) in [6, 6.07) is 29.0. The quantitative estimate of drug-likeness (QED) is 0.362. The SMILES string of the molecule is O=C(COc1c(-c2ccccc2)n[nH]c1-c1ccccc1)N/N=C/c1ccccc1. The van der Waals surface area contributed by atoms with E-state index in [0.717, 1.165) is 22.4 Å². The topological polar surface area (TPSA) is 79.4 Å². The Morgan fingerprint density at radius 3 is 2.17 bits per heavy atom. The third-order valence-electron chi connectivity index (χ3n) is 4.38. The standard InChI is InChI=1S/C24H20N4O2/c29-21(26-25-16-18-10-4-1-5-11-18)17-30-24-22(19-12-6-2-7-13-19)27-28-23(24)20-14-8-3-9-15-20/h1-16H,17H2,(H,26,29)(H,27,28)/b25-16+. The second-order valence-corrected chi connectivity index (χ2v) is 6.50. The van der Waals surface area contributed by atoms with E-state index < -0.39 is 0 Å². The van der Waals surface area contributed by atoms with Crippen LogP contribution in [0.25, 0.3) is 22.5 Å². The van der Waals surface area contributed by atoms with Crippen molar-refractivity contribution in [3.8, 4) is 28.3 Å². The molecule has 6 heteroatoms. The number of nitrogens with zero attached hydrogens (tertiary/aromatic N) is 2. The van der Waals surface area contributed by atoms with Gasteiger partial charge in [-0.3, -0.25) is 9.89 Å². The molecule has 6 nitrogen and oxygen atoms in total. The average molecular weight is 396 g/mol. The minimum absolute atomic E-state index is 0.189. The first-order valence-corrected chi connectivity index (χ1v) is 9.50. The minimum Gasteiger partial charge on any atom is -0.479 e. The van der Waals surface area contributed by atoms with Crippen LogP contribution < -0.4 is 10.2 Å². The summed E-state index contributed by atoms with van der Waals surface area (Å²) in [6.45, 7) is -0.189. The number of H-pyrrole nitrogens is 1. The summed E-state index contributed by atoms with van der Waals surface area (Å²) in [7, 11) is 0. The molecule has 0 saturated carbocycles. The molecule has 0 unspecified atom stereocenters. The van der Waals surface area contributed by atoms with E-state index in [1.807, 2.05) is 91.0 Å². The molecule has 1 amide bonds. The largest absolute Gasteiger partial charge is 0.479 e. The zero-order valence-electron chi connectivity index (χ0n) is 16.2. The number of amides is 1. The van der Waals surface area contributed by atoms with Crippen LogP contribution in [0.5, 0.6) is 5.75 Å². The third-order valence-corrected chi connectivity index (χ3v) is 4.38. The van der Waals surface area contributed by atoms with Crippen LogP contribution in [0, 0.1) is 0 Å². The highest BCUT2D eigenvalue weighted by Crippen LogP contribution is 2.36. The first-order valence-electron chi connectivity index (χ1n) is 9.50. The Morgan fingerprint density at radius 1 is 0.900 bits per heavy atom. The van der Waals surface area contributed by atoms with Gasteiger partial charge in [-0.25, -0.2) is 5.43 Å². The van der Waals surface area contributed by atoms with E-state index in [1.165, 1.54) is 0 Å². The Bertz CT molecular complexity index is 1070. The second-order valence-electron chi connectivity index (χ2n) is 6.50. The van der Waals surface area contributed by atoms with Crippen LogP contribution in [0.4, 0.5) is 0 Å². The number of rotatable bonds is 7. The lowest BCUT2D eigenvalue weighted by molar-refractivity contribution is -0.123. The van der Waals surface area contributed by atoms with Gasteiger partial charge in [0.05, 0.1) is 6.21 Å². The van der Waals surface area contributed by atoms with Crippen molar-refractivity contribution in [3.05, 3.63) is 96.6 Å². The van der Waals surface area contributed by atoms with Crippen LogP contribution in [0.1, 0.15) is 5.56 Å². The number of aromatic nitrogens is 2. The monoisotopic (exact) mass is 396 g/mol. The van der Waals surface area contributed by atoms with E-state index in [4.69, 9.17) is 4.74 Å². The van der Waals surface area contributed by atoms with Crippen molar-refractivity contribution in [2.24, 2.45) is 5.10 Å². The summed E-state index contributed by atoms with van der Waals surface area (Å²) in [5.41, 5.74) is 6.57. The van der Waals surface area contributed by atoms with Gasteiger partial charge >= 0.3 is 0 Å². The molecule has 1 heterocycles. The molecule has 0 aliphatic rings. The molecular weight excluding hydrogens is 376 g/mol. The predicted octanol–water partition coefficient (Wildman–Crippen LogP) is 4.27. The molecular formula is C24H20N4O2. The van der Waals surface area contributed by atoms with Gasteiger partial charge in [-0.15, -0.1) is 0 Å². The van der Waals surface area contributed by atoms with E-state index in [1.54, 1.807) is 6.21 Å². The van der Waals surface area contributed by atoms with Crippen LogP contribution in [0.2, 0.25) is 0 Å². The van der Waals surface area contributed by atoms with E-state index in [2.05, 4.69) is 20.7 Å². The highest BCUT2D eigenvalue weighted by atomic mass is 16.5. The van der Waals surface area contributed by atoms with E-state index in [0.29, 0.717) is 11.4 Å². The summed E-state index contributed by atoms with van der Waals surface area (Å²) < 4.78 is 5.90. The predicted molar refractivity (Wildman–Crippen MR) is 117 cm³/mol. The molecule has 0 atom stereocenters. The number of nitrogens with one attached hydrogen (secondary N) is 2. The van der Waals surface area contributed by atoms with Crippen molar-refractivity contribution in [2.75, 3.05) is 6.61 Å². The van der Waals surface area contributed by atoms with Crippen molar-refractivity contribution >= 4 is 12.1 Å². The number of benzene rings is 3.